The topological polar surface area (TPSA) is 54.8 Å². The van der Waals surface area contributed by atoms with Gasteiger partial charge in [-0.1, -0.05) is 6.07 Å². The quantitative estimate of drug-likeness (QED) is 0.858. The zero-order valence-corrected chi connectivity index (χ0v) is 11.1. The van der Waals surface area contributed by atoms with Crippen molar-refractivity contribution in [3.8, 4) is 0 Å². The first-order valence-electron chi connectivity index (χ1n) is 5.49. The van der Waals surface area contributed by atoms with Gasteiger partial charge in [0.25, 0.3) is 0 Å². The number of hydrogen-bond acceptors (Lipinski definition) is 4. The van der Waals surface area contributed by atoms with Gasteiger partial charge in [-0.15, -0.1) is 11.3 Å². The predicted molar refractivity (Wildman–Crippen MR) is 75.5 cm³/mol. The van der Waals surface area contributed by atoms with E-state index in [0.717, 1.165) is 17.9 Å². The van der Waals surface area contributed by atoms with Gasteiger partial charge >= 0.3 is 0 Å². The molecule has 0 aliphatic carbocycles. The van der Waals surface area contributed by atoms with Gasteiger partial charge < -0.3 is 10.2 Å². The Balaban J connectivity index is 1.93. The minimum absolute atomic E-state index is 0.0857. The Hall–Kier alpha value is -1.66. The summed E-state index contributed by atoms with van der Waals surface area (Å²) in [6.45, 7) is 0. The highest BCUT2D eigenvalue weighted by Crippen LogP contribution is 2.34. The van der Waals surface area contributed by atoms with E-state index in [1.54, 1.807) is 22.6 Å². The third-order valence-electron chi connectivity index (χ3n) is 2.81. The van der Waals surface area contributed by atoms with Gasteiger partial charge in [-0.05, 0) is 35.8 Å². The van der Waals surface area contributed by atoms with E-state index in [4.69, 9.17) is 22.4 Å². The molecular weight excluding hydrogens is 266 g/mol. The van der Waals surface area contributed by atoms with Crippen molar-refractivity contribution in [3.05, 3.63) is 46.5 Å². The maximum absolute atomic E-state index is 5.73. The Morgan fingerprint density at radius 2 is 2.39 bits per heavy atom. The molecule has 0 saturated heterocycles. The molecule has 2 N–H and O–H groups in total. The van der Waals surface area contributed by atoms with Crippen LogP contribution >= 0.6 is 23.6 Å². The third-order valence-corrected chi connectivity index (χ3v) is 3.97. The molecular formula is C12H11N3OS2. The molecule has 3 rings (SSSR count). The predicted octanol–water partition coefficient (Wildman–Crippen LogP) is 2.74. The summed E-state index contributed by atoms with van der Waals surface area (Å²) in [5.74, 6) is 0.773. The lowest BCUT2D eigenvalue weighted by Crippen LogP contribution is -2.31. The van der Waals surface area contributed by atoms with Crippen molar-refractivity contribution in [2.75, 3.05) is 0 Å². The summed E-state index contributed by atoms with van der Waals surface area (Å²) >= 11 is 6.74. The lowest BCUT2D eigenvalue weighted by atomic mass is 10.1. The molecule has 1 atom stereocenters. The number of furan rings is 1. The van der Waals surface area contributed by atoms with Crippen molar-refractivity contribution in [1.82, 2.24) is 5.01 Å². The summed E-state index contributed by atoms with van der Waals surface area (Å²) in [7, 11) is 0. The Kier molecular flexibility index (Phi) is 2.89. The summed E-state index contributed by atoms with van der Waals surface area (Å²) in [5.41, 5.74) is 6.61. The molecule has 3 heterocycles. The fourth-order valence-corrected chi connectivity index (χ4v) is 2.99. The number of hydrogen-bond donors (Lipinski definition) is 1. The molecule has 0 saturated carbocycles. The van der Waals surface area contributed by atoms with Crippen LogP contribution in [0, 0.1) is 0 Å². The minimum Gasteiger partial charge on any atom is -0.463 e. The Labute approximate surface area is 114 Å². The molecule has 0 fully saturated rings. The molecule has 0 unspecified atom stereocenters. The Morgan fingerprint density at radius 1 is 1.50 bits per heavy atom. The van der Waals surface area contributed by atoms with Crippen LogP contribution in [0.25, 0.3) is 0 Å². The van der Waals surface area contributed by atoms with Crippen LogP contribution in [0.2, 0.25) is 0 Å². The first-order chi connectivity index (χ1) is 8.75. The van der Waals surface area contributed by atoms with Crippen LogP contribution in [-0.4, -0.2) is 15.8 Å². The lowest BCUT2D eigenvalue weighted by molar-refractivity contribution is 0.378. The average molecular weight is 277 g/mol. The van der Waals surface area contributed by atoms with Crippen LogP contribution in [-0.2, 0) is 0 Å². The van der Waals surface area contributed by atoms with Gasteiger partial charge in [-0.25, -0.2) is 5.01 Å². The smallest absolute Gasteiger partial charge is 0.187 e. The molecule has 92 valence electrons. The number of rotatable bonds is 2. The van der Waals surface area contributed by atoms with E-state index in [1.165, 1.54) is 4.88 Å². The van der Waals surface area contributed by atoms with Gasteiger partial charge in [-0.3, -0.25) is 0 Å². The summed E-state index contributed by atoms with van der Waals surface area (Å²) < 4.78 is 5.37. The highest BCUT2D eigenvalue weighted by molar-refractivity contribution is 7.80. The number of thiocarbonyl (C=S) groups is 1. The fourth-order valence-electron chi connectivity index (χ4n) is 2.01. The SMILES string of the molecule is NC(=S)N1N=C(c2ccco2)C[C@@H]1c1cccs1. The van der Waals surface area contributed by atoms with E-state index in [9.17, 15) is 0 Å². The molecule has 1 aliphatic heterocycles. The maximum Gasteiger partial charge on any atom is 0.187 e. The first kappa shape index (κ1) is 11.4. The van der Waals surface area contributed by atoms with Gasteiger partial charge in [-0.2, -0.15) is 5.10 Å². The number of nitrogens with two attached hydrogens (primary N) is 1. The molecule has 4 nitrogen and oxygen atoms in total. The number of thiophene rings is 1. The fraction of sp³-hybridized carbons (Fsp3) is 0.167. The molecule has 18 heavy (non-hydrogen) atoms. The van der Waals surface area contributed by atoms with Crippen molar-refractivity contribution < 1.29 is 4.42 Å². The molecule has 2 aromatic rings. The molecule has 0 radical (unpaired) electrons. The van der Waals surface area contributed by atoms with Crippen molar-refractivity contribution in [1.29, 1.82) is 0 Å². The Bertz CT molecular complexity index is 575. The third kappa shape index (κ3) is 1.93. The van der Waals surface area contributed by atoms with Crippen LogP contribution in [0.5, 0.6) is 0 Å². The first-order valence-corrected chi connectivity index (χ1v) is 6.78. The van der Waals surface area contributed by atoms with Crippen LogP contribution in [0.1, 0.15) is 23.1 Å². The van der Waals surface area contributed by atoms with Crippen molar-refractivity contribution in [3.63, 3.8) is 0 Å². The highest BCUT2D eigenvalue weighted by Gasteiger charge is 2.31. The minimum atomic E-state index is 0.0857. The molecule has 2 aromatic heterocycles. The van der Waals surface area contributed by atoms with Crippen molar-refractivity contribution in [2.24, 2.45) is 10.8 Å². The van der Waals surface area contributed by atoms with Crippen molar-refractivity contribution >= 4 is 34.4 Å². The Morgan fingerprint density at radius 3 is 3.00 bits per heavy atom. The zero-order chi connectivity index (χ0) is 12.5. The normalized spacial score (nSPS) is 19.0. The van der Waals surface area contributed by atoms with Gasteiger partial charge in [0.15, 0.2) is 5.11 Å². The van der Waals surface area contributed by atoms with Gasteiger partial charge in [0, 0.05) is 11.3 Å². The van der Waals surface area contributed by atoms with E-state index in [2.05, 4.69) is 11.2 Å². The average Bonchev–Trinajstić information content (AvgIpc) is 3.10. The zero-order valence-electron chi connectivity index (χ0n) is 9.45. The second-order valence-corrected chi connectivity index (χ2v) is 5.34. The second kappa shape index (κ2) is 4.55. The van der Waals surface area contributed by atoms with Crippen LogP contribution in [0.4, 0.5) is 0 Å². The van der Waals surface area contributed by atoms with E-state index in [1.807, 2.05) is 23.6 Å². The van der Waals surface area contributed by atoms with Crippen LogP contribution < -0.4 is 5.73 Å². The standard InChI is InChI=1S/C12H11N3OS2/c13-12(17)15-9(11-4-2-6-18-11)7-8(14-15)10-3-1-5-16-10/h1-6,9H,7H2,(H2,13,17)/t9-/m1/s1. The summed E-state index contributed by atoms with van der Waals surface area (Å²) in [6.07, 6.45) is 2.40. The maximum atomic E-state index is 5.73. The summed E-state index contributed by atoms with van der Waals surface area (Å²) in [4.78, 5) is 1.20. The molecule has 6 heteroatoms. The van der Waals surface area contributed by atoms with Crippen LogP contribution in [0.3, 0.4) is 0 Å². The van der Waals surface area contributed by atoms with E-state index < -0.39 is 0 Å². The molecule has 0 aromatic carbocycles. The van der Waals surface area contributed by atoms with E-state index in [0.29, 0.717) is 0 Å². The molecule has 0 amide bonds. The molecule has 0 spiro atoms. The van der Waals surface area contributed by atoms with Gasteiger partial charge in [0.2, 0.25) is 0 Å². The van der Waals surface area contributed by atoms with E-state index >= 15 is 0 Å². The molecule has 0 bridgehead atoms. The van der Waals surface area contributed by atoms with Crippen molar-refractivity contribution in [2.45, 2.75) is 12.5 Å². The monoisotopic (exact) mass is 277 g/mol. The lowest BCUT2D eigenvalue weighted by Gasteiger charge is -2.20. The number of hydrazone groups is 1. The second-order valence-electron chi connectivity index (χ2n) is 3.94. The van der Waals surface area contributed by atoms with Gasteiger partial charge in [0.05, 0.1) is 12.3 Å². The van der Waals surface area contributed by atoms with Crippen LogP contribution in [0.15, 0.2) is 45.4 Å². The van der Waals surface area contributed by atoms with Gasteiger partial charge in [0.1, 0.15) is 11.5 Å². The van der Waals surface area contributed by atoms with E-state index in [-0.39, 0.29) is 11.2 Å². The molecule has 1 aliphatic rings. The largest absolute Gasteiger partial charge is 0.463 e. The highest BCUT2D eigenvalue weighted by atomic mass is 32.1. The number of nitrogens with zero attached hydrogens (tertiary/aromatic N) is 2. The summed E-state index contributed by atoms with van der Waals surface area (Å²) in [6, 6.07) is 7.92. The summed E-state index contributed by atoms with van der Waals surface area (Å²) in [5, 5.41) is 8.48.